The zero-order chi connectivity index (χ0) is 18.2. The molecule has 1 aromatic heterocycles. The van der Waals surface area contributed by atoms with Crippen molar-refractivity contribution in [2.75, 3.05) is 0 Å². The third-order valence-electron chi connectivity index (χ3n) is 3.38. The summed E-state index contributed by atoms with van der Waals surface area (Å²) in [5, 5.41) is 0.381. The molecule has 0 aliphatic heterocycles. The highest BCUT2D eigenvalue weighted by molar-refractivity contribution is 7.88. The van der Waals surface area contributed by atoms with Crippen molar-refractivity contribution in [1.29, 1.82) is 0 Å². The molecule has 0 saturated carbocycles. The van der Waals surface area contributed by atoms with Crippen molar-refractivity contribution in [3.63, 3.8) is 0 Å². The molecule has 0 atom stereocenters. The smallest absolute Gasteiger partial charge is 0.460 e. The molecule has 0 unspecified atom stereocenters. The molecule has 0 N–H and O–H groups in total. The van der Waals surface area contributed by atoms with Crippen molar-refractivity contribution in [2.24, 2.45) is 0 Å². The van der Waals surface area contributed by atoms with E-state index < -0.39 is 27.2 Å². The molecule has 3 aromatic rings. The van der Waals surface area contributed by atoms with Crippen LogP contribution in [0, 0.1) is 5.82 Å². The zero-order valence-corrected chi connectivity index (χ0v) is 13.2. The summed E-state index contributed by atoms with van der Waals surface area (Å²) in [5.41, 5.74) is -4.50. The number of hydrogen-bond acceptors (Lipinski definition) is 4. The quantitative estimate of drug-likeness (QED) is 0.386. The van der Waals surface area contributed by atoms with Crippen LogP contribution in [0.3, 0.4) is 0 Å². The minimum Gasteiger partial charge on any atom is -0.460 e. The minimum atomic E-state index is -5.82. The van der Waals surface area contributed by atoms with Gasteiger partial charge in [-0.1, -0.05) is 12.1 Å². The lowest BCUT2D eigenvalue weighted by Crippen LogP contribution is -2.28. The molecular formula is C16H10F4O4S. The maximum atomic E-state index is 12.9. The van der Waals surface area contributed by atoms with Crippen molar-refractivity contribution in [2.45, 2.75) is 11.9 Å². The number of fused-ring (bicyclic) bond motifs is 1. The lowest BCUT2D eigenvalue weighted by Gasteiger charge is -2.11. The molecule has 0 bridgehead atoms. The fraction of sp³-hybridized carbons (Fsp3) is 0.125. The van der Waals surface area contributed by atoms with E-state index in [0.29, 0.717) is 16.5 Å². The largest absolute Gasteiger partial charge is 0.534 e. The third kappa shape index (κ3) is 3.60. The predicted octanol–water partition coefficient (Wildman–Crippen LogP) is 4.39. The van der Waals surface area contributed by atoms with Gasteiger partial charge in [-0.3, -0.25) is 0 Å². The fourth-order valence-corrected chi connectivity index (χ4v) is 2.73. The Morgan fingerprint density at radius 3 is 2.32 bits per heavy atom. The Labute approximate surface area is 139 Å². The van der Waals surface area contributed by atoms with Crippen molar-refractivity contribution in [3.8, 4) is 5.75 Å². The molecule has 0 aliphatic carbocycles. The molecule has 2 aromatic carbocycles. The highest BCUT2D eigenvalue weighted by atomic mass is 32.2. The van der Waals surface area contributed by atoms with Crippen LogP contribution < -0.4 is 4.18 Å². The molecule has 0 saturated heterocycles. The highest BCUT2D eigenvalue weighted by Crippen LogP contribution is 2.34. The lowest BCUT2D eigenvalue weighted by molar-refractivity contribution is -0.0499. The van der Waals surface area contributed by atoms with E-state index in [-0.39, 0.29) is 12.0 Å². The molecule has 9 heteroatoms. The molecule has 0 fully saturated rings. The van der Waals surface area contributed by atoms with E-state index in [9.17, 15) is 26.0 Å². The Kier molecular flexibility index (Phi) is 4.19. The van der Waals surface area contributed by atoms with Gasteiger partial charge in [0.25, 0.3) is 0 Å². The molecule has 4 nitrogen and oxygen atoms in total. The van der Waals surface area contributed by atoms with Gasteiger partial charge >= 0.3 is 15.6 Å². The van der Waals surface area contributed by atoms with Crippen molar-refractivity contribution in [1.82, 2.24) is 0 Å². The summed E-state index contributed by atoms with van der Waals surface area (Å²) in [5.74, 6) is -0.980. The van der Waals surface area contributed by atoms with Crippen LogP contribution in [0.25, 0.3) is 11.0 Å². The Morgan fingerprint density at radius 2 is 1.68 bits per heavy atom. The predicted molar refractivity (Wildman–Crippen MR) is 81.0 cm³/mol. The average Bonchev–Trinajstić information content (AvgIpc) is 2.97. The molecule has 25 heavy (non-hydrogen) atoms. The van der Waals surface area contributed by atoms with Gasteiger partial charge in [0, 0.05) is 5.39 Å². The normalized spacial score (nSPS) is 12.5. The number of halogens is 4. The van der Waals surface area contributed by atoms with Gasteiger partial charge in [0.15, 0.2) is 11.3 Å². The van der Waals surface area contributed by atoms with Gasteiger partial charge in [-0.15, -0.1) is 0 Å². The Bertz CT molecular complexity index is 1000. The first-order valence-corrected chi connectivity index (χ1v) is 8.32. The maximum Gasteiger partial charge on any atom is 0.534 e. The average molecular weight is 374 g/mol. The summed E-state index contributed by atoms with van der Waals surface area (Å²) in [6, 6.07) is 9.77. The zero-order valence-electron chi connectivity index (χ0n) is 12.4. The fourth-order valence-electron chi connectivity index (χ4n) is 2.28. The van der Waals surface area contributed by atoms with Crippen molar-refractivity contribution < 1.29 is 34.6 Å². The number of alkyl halides is 3. The van der Waals surface area contributed by atoms with Crippen LogP contribution in [0.1, 0.15) is 11.1 Å². The van der Waals surface area contributed by atoms with Gasteiger partial charge in [0.05, 0.1) is 6.26 Å². The molecule has 0 radical (unpaired) electrons. The summed E-state index contributed by atoms with van der Waals surface area (Å²) in [6.07, 6.45) is 1.45. The molecule has 0 amide bonds. The molecule has 1 heterocycles. The maximum absolute atomic E-state index is 12.9. The first kappa shape index (κ1) is 17.3. The van der Waals surface area contributed by atoms with Crippen LogP contribution in [0.2, 0.25) is 0 Å². The van der Waals surface area contributed by atoms with Gasteiger partial charge in [-0.25, -0.2) is 4.39 Å². The topological polar surface area (TPSA) is 56.5 Å². The second kappa shape index (κ2) is 6.07. The van der Waals surface area contributed by atoms with Gasteiger partial charge in [0.1, 0.15) is 5.82 Å². The summed E-state index contributed by atoms with van der Waals surface area (Å²) < 4.78 is 82.4. The summed E-state index contributed by atoms with van der Waals surface area (Å²) in [4.78, 5) is 0. The van der Waals surface area contributed by atoms with Gasteiger partial charge < -0.3 is 8.60 Å². The highest BCUT2D eigenvalue weighted by Gasteiger charge is 2.49. The molecule has 3 rings (SSSR count). The number of rotatable bonds is 4. The number of hydrogen-bond donors (Lipinski definition) is 0. The lowest BCUT2D eigenvalue weighted by atomic mass is 10.0. The van der Waals surface area contributed by atoms with E-state index in [2.05, 4.69) is 4.18 Å². The van der Waals surface area contributed by atoms with E-state index in [1.807, 2.05) is 0 Å². The summed E-state index contributed by atoms with van der Waals surface area (Å²) in [6.45, 7) is 0. The minimum absolute atomic E-state index is 0.115. The second-order valence-corrected chi connectivity index (χ2v) is 6.76. The molecule has 0 spiro atoms. The Morgan fingerprint density at radius 1 is 1.00 bits per heavy atom. The molecule has 132 valence electrons. The summed E-state index contributed by atoms with van der Waals surface area (Å²) in [7, 11) is -5.82. The summed E-state index contributed by atoms with van der Waals surface area (Å²) >= 11 is 0. The standard InChI is InChI=1S/C16H10F4O4S/c17-13-3-1-10(2-4-13)7-11-8-12-5-6-23-15(12)14(9-11)24-25(21,22)16(18,19)20/h1-6,8-9H,7H2. The van der Waals surface area contributed by atoms with E-state index in [4.69, 9.17) is 4.42 Å². The first-order valence-electron chi connectivity index (χ1n) is 6.91. The monoisotopic (exact) mass is 374 g/mol. The van der Waals surface area contributed by atoms with Gasteiger partial charge in [-0.05, 0) is 47.9 Å². The van der Waals surface area contributed by atoms with Crippen LogP contribution in [-0.4, -0.2) is 13.9 Å². The van der Waals surface area contributed by atoms with E-state index in [1.165, 1.54) is 36.6 Å². The molecule has 0 aliphatic rings. The second-order valence-electron chi connectivity index (χ2n) is 5.22. The first-order chi connectivity index (χ1) is 11.7. The number of furan rings is 1. The number of benzene rings is 2. The van der Waals surface area contributed by atoms with Crippen LogP contribution >= 0.6 is 0 Å². The van der Waals surface area contributed by atoms with Gasteiger partial charge in [-0.2, -0.15) is 21.6 Å². The third-order valence-corrected chi connectivity index (χ3v) is 4.35. The van der Waals surface area contributed by atoms with Gasteiger partial charge in [0.2, 0.25) is 0 Å². The van der Waals surface area contributed by atoms with E-state index in [0.717, 1.165) is 6.07 Å². The van der Waals surface area contributed by atoms with Crippen LogP contribution in [0.5, 0.6) is 5.75 Å². The Balaban J connectivity index is 2.01. The van der Waals surface area contributed by atoms with Crippen LogP contribution in [0.15, 0.2) is 53.1 Å². The SMILES string of the molecule is O=S(=O)(Oc1cc(Cc2ccc(F)cc2)cc2ccoc12)C(F)(F)F. The van der Waals surface area contributed by atoms with Crippen LogP contribution in [0.4, 0.5) is 17.6 Å². The van der Waals surface area contributed by atoms with Crippen LogP contribution in [-0.2, 0) is 16.5 Å². The van der Waals surface area contributed by atoms with Crippen molar-refractivity contribution in [3.05, 3.63) is 65.7 Å². The molecular weight excluding hydrogens is 364 g/mol. The Hall–Kier alpha value is -2.55. The van der Waals surface area contributed by atoms with Crippen molar-refractivity contribution >= 4 is 21.1 Å². The van der Waals surface area contributed by atoms with E-state index >= 15 is 0 Å². The van der Waals surface area contributed by atoms with E-state index in [1.54, 1.807) is 6.07 Å².